The number of carbonyl (C=O) groups excluding carboxylic acids is 1. The number of amides is 1. The Kier molecular flexibility index (Phi) is 5.37. The van der Waals surface area contributed by atoms with Gasteiger partial charge in [0.25, 0.3) is 0 Å². The van der Waals surface area contributed by atoms with Crippen molar-refractivity contribution in [3.05, 3.63) is 60.0 Å². The summed E-state index contributed by atoms with van der Waals surface area (Å²) in [7, 11) is 0. The van der Waals surface area contributed by atoms with Crippen LogP contribution >= 0.6 is 0 Å². The number of nitrogens with zero attached hydrogens (tertiary/aromatic N) is 2. The highest BCUT2D eigenvalue weighted by molar-refractivity contribution is 5.82. The van der Waals surface area contributed by atoms with Crippen LogP contribution in [0.4, 0.5) is 0 Å². The molecule has 1 aromatic carbocycles. The van der Waals surface area contributed by atoms with Crippen molar-refractivity contribution in [2.45, 2.75) is 25.0 Å². The lowest BCUT2D eigenvalue weighted by Crippen LogP contribution is -2.42. The van der Waals surface area contributed by atoms with Gasteiger partial charge in [0.15, 0.2) is 0 Å². The molecule has 0 saturated heterocycles. The van der Waals surface area contributed by atoms with Gasteiger partial charge in [-0.05, 0) is 18.6 Å². The van der Waals surface area contributed by atoms with Gasteiger partial charge in [-0.1, -0.05) is 24.3 Å². The number of nitrogens with one attached hydrogen (secondary N) is 2. The molecule has 0 aliphatic carbocycles. The van der Waals surface area contributed by atoms with Gasteiger partial charge in [-0.25, -0.2) is 0 Å². The Morgan fingerprint density at radius 2 is 2.08 bits per heavy atom. The van der Waals surface area contributed by atoms with E-state index >= 15 is 0 Å². The first-order chi connectivity index (χ1) is 12.2. The zero-order chi connectivity index (χ0) is 17.6. The summed E-state index contributed by atoms with van der Waals surface area (Å²) >= 11 is 0. The lowest BCUT2D eigenvalue weighted by atomic mass is 10.0. The number of aromatic amines is 1. The fraction of sp³-hybridized carbons (Fsp3) is 0.278. The van der Waals surface area contributed by atoms with Crippen LogP contribution in [0.15, 0.2) is 48.8 Å². The van der Waals surface area contributed by atoms with Gasteiger partial charge in [0.05, 0.1) is 18.2 Å². The van der Waals surface area contributed by atoms with Crippen molar-refractivity contribution in [1.29, 1.82) is 0 Å². The Bertz CT molecular complexity index is 834. The molecule has 0 bridgehead atoms. The normalized spacial score (nSPS) is 13.5. The third-order valence-electron chi connectivity index (χ3n) is 4.09. The minimum atomic E-state index is -1.02. The Labute approximate surface area is 144 Å². The summed E-state index contributed by atoms with van der Waals surface area (Å²) in [5.74, 6) is -0.249. The van der Waals surface area contributed by atoms with E-state index < -0.39 is 12.1 Å². The molecule has 7 nitrogen and oxygen atoms in total. The quantitative estimate of drug-likeness (QED) is 0.515. The summed E-state index contributed by atoms with van der Waals surface area (Å²) in [6, 6.07) is 10.3. The average Bonchev–Trinajstić information content (AvgIpc) is 3.08. The molecule has 3 rings (SSSR count). The van der Waals surface area contributed by atoms with Crippen LogP contribution in [0.25, 0.3) is 10.9 Å². The highest BCUT2D eigenvalue weighted by Crippen LogP contribution is 2.17. The van der Waals surface area contributed by atoms with Crippen LogP contribution in [0.5, 0.6) is 0 Å². The van der Waals surface area contributed by atoms with Gasteiger partial charge in [-0.3, -0.25) is 14.9 Å². The number of hydrogen-bond acceptors (Lipinski definition) is 5. The second kappa shape index (κ2) is 7.87. The maximum absolute atomic E-state index is 12.2. The second-order valence-corrected chi connectivity index (χ2v) is 5.81. The minimum absolute atomic E-state index is 0.225. The molecule has 4 N–H and O–H groups in total. The van der Waals surface area contributed by atoms with E-state index in [1.165, 1.54) is 6.20 Å². The predicted molar refractivity (Wildman–Crippen MR) is 92.6 cm³/mol. The number of hydrogen-bond donors (Lipinski definition) is 4. The highest BCUT2D eigenvalue weighted by atomic mass is 16.3. The molecule has 0 radical (unpaired) electrons. The summed E-state index contributed by atoms with van der Waals surface area (Å²) < 4.78 is 0. The standard InChI is InChI=1S/C18H20N4O3/c23-11-16(18(25)12-4-3-9-19-10-12)20-17(24)8-7-15-13-5-1-2-6-14(13)21-22-15/h1-6,9-10,16,18,23,25H,7-8,11H2,(H,20,24)(H,21,22). The van der Waals surface area contributed by atoms with E-state index in [4.69, 9.17) is 0 Å². The topological polar surface area (TPSA) is 111 Å². The number of para-hydroxylation sites is 1. The molecule has 0 aliphatic rings. The average molecular weight is 340 g/mol. The first kappa shape index (κ1) is 17.1. The second-order valence-electron chi connectivity index (χ2n) is 5.81. The molecule has 3 aromatic rings. The van der Waals surface area contributed by atoms with Crippen LogP contribution in [0.2, 0.25) is 0 Å². The number of aliphatic hydroxyl groups excluding tert-OH is 2. The molecular weight excluding hydrogens is 320 g/mol. The molecule has 130 valence electrons. The molecule has 1 amide bonds. The maximum atomic E-state index is 12.2. The maximum Gasteiger partial charge on any atom is 0.220 e. The van der Waals surface area contributed by atoms with Gasteiger partial charge >= 0.3 is 0 Å². The number of fused-ring (bicyclic) bond motifs is 1. The van der Waals surface area contributed by atoms with Crippen LogP contribution in [0, 0.1) is 0 Å². The summed E-state index contributed by atoms with van der Waals surface area (Å²) in [5.41, 5.74) is 2.29. The van der Waals surface area contributed by atoms with E-state index in [1.807, 2.05) is 24.3 Å². The SMILES string of the molecule is O=C(CCc1[nH]nc2ccccc12)NC(CO)C(O)c1cccnc1. The summed E-state index contributed by atoms with van der Waals surface area (Å²) in [6.45, 7) is -0.366. The molecule has 7 heteroatoms. The van der Waals surface area contributed by atoms with Crippen LogP contribution in [0.1, 0.15) is 23.8 Å². The van der Waals surface area contributed by atoms with Crippen molar-refractivity contribution in [2.24, 2.45) is 0 Å². The van der Waals surface area contributed by atoms with E-state index in [0.29, 0.717) is 12.0 Å². The lowest BCUT2D eigenvalue weighted by Gasteiger charge is -2.22. The van der Waals surface area contributed by atoms with E-state index in [9.17, 15) is 15.0 Å². The summed E-state index contributed by atoms with van der Waals surface area (Å²) in [4.78, 5) is 16.1. The number of benzene rings is 1. The van der Waals surface area contributed by atoms with Crippen LogP contribution in [-0.4, -0.2) is 44.0 Å². The van der Waals surface area contributed by atoms with Crippen molar-refractivity contribution < 1.29 is 15.0 Å². The van der Waals surface area contributed by atoms with Gasteiger partial charge in [0.2, 0.25) is 5.91 Å². The number of carbonyl (C=O) groups is 1. The number of pyridine rings is 1. The van der Waals surface area contributed by atoms with Crippen LogP contribution in [-0.2, 0) is 11.2 Å². The first-order valence-electron chi connectivity index (χ1n) is 8.09. The summed E-state index contributed by atoms with van der Waals surface area (Å²) in [6.07, 6.45) is 2.81. The molecule has 2 aromatic heterocycles. The Morgan fingerprint density at radius 3 is 2.84 bits per heavy atom. The van der Waals surface area contributed by atoms with Gasteiger partial charge in [-0.15, -0.1) is 0 Å². The number of H-pyrrole nitrogens is 1. The fourth-order valence-electron chi connectivity index (χ4n) is 2.73. The number of aliphatic hydroxyl groups is 2. The number of aromatic nitrogens is 3. The van der Waals surface area contributed by atoms with E-state index in [-0.39, 0.29) is 18.9 Å². The van der Waals surface area contributed by atoms with Gasteiger partial charge < -0.3 is 15.5 Å². The van der Waals surface area contributed by atoms with Crippen molar-refractivity contribution in [3.63, 3.8) is 0 Å². The fourth-order valence-corrected chi connectivity index (χ4v) is 2.73. The first-order valence-corrected chi connectivity index (χ1v) is 8.09. The molecule has 0 saturated carbocycles. The van der Waals surface area contributed by atoms with Crippen molar-refractivity contribution >= 4 is 16.8 Å². The van der Waals surface area contributed by atoms with E-state index in [1.54, 1.807) is 18.3 Å². The number of aryl methyl sites for hydroxylation is 1. The van der Waals surface area contributed by atoms with Crippen LogP contribution < -0.4 is 5.32 Å². The molecule has 0 fully saturated rings. The zero-order valence-electron chi connectivity index (χ0n) is 13.6. The van der Waals surface area contributed by atoms with E-state index in [0.717, 1.165) is 16.6 Å². The molecule has 0 spiro atoms. The van der Waals surface area contributed by atoms with Crippen molar-refractivity contribution in [3.8, 4) is 0 Å². The van der Waals surface area contributed by atoms with Crippen molar-refractivity contribution in [2.75, 3.05) is 6.61 Å². The van der Waals surface area contributed by atoms with Crippen molar-refractivity contribution in [1.82, 2.24) is 20.5 Å². The van der Waals surface area contributed by atoms with Gasteiger partial charge in [0.1, 0.15) is 6.10 Å². The number of rotatable bonds is 7. The molecule has 2 atom stereocenters. The monoisotopic (exact) mass is 340 g/mol. The zero-order valence-corrected chi connectivity index (χ0v) is 13.6. The largest absolute Gasteiger partial charge is 0.394 e. The van der Waals surface area contributed by atoms with Gasteiger partial charge in [0, 0.05) is 35.5 Å². The third-order valence-corrected chi connectivity index (χ3v) is 4.09. The van der Waals surface area contributed by atoms with E-state index in [2.05, 4.69) is 20.5 Å². The van der Waals surface area contributed by atoms with Crippen LogP contribution in [0.3, 0.4) is 0 Å². The summed E-state index contributed by atoms with van der Waals surface area (Å²) in [5, 5.41) is 30.6. The predicted octanol–water partition coefficient (Wildman–Crippen LogP) is 1.10. The Balaban J connectivity index is 1.59. The molecule has 25 heavy (non-hydrogen) atoms. The lowest BCUT2D eigenvalue weighted by molar-refractivity contribution is -0.123. The Morgan fingerprint density at radius 1 is 1.24 bits per heavy atom. The van der Waals surface area contributed by atoms with Gasteiger partial charge in [-0.2, -0.15) is 5.10 Å². The molecule has 2 heterocycles. The third kappa shape index (κ3) is 4.01. The molecule has 0 aliphatic heterocycles. The Hall–Kier alpha value is -2.77. The minimum Gasteiger partial charge on any atom is -0.394 e. The molecule has 2 unspecified atom stereocenters. The smallest absolute Gasteiger partial charge is 0.220 e. The highest BCUT2D eigenvalue weighted by Gasteiger charge is 2.22. The molecular formula is C18H20N4O3.